The fourth-order valence-electron chi connectivity index (χ4n) is 2.22. The maximum Gasteiger partial charge on any atom is 0.312 e. The lowest BCUT2D eigenvalue weighted by atomic mass is 10.1. The van der Waals surface area contributed by atoms with E-state index in [0.717, 1.165) is 9.75 Å². The van der Waals surface area contributed by atoms with Crippen LogP contribution in [0.2, 0.25) is 4.34 Å². The molecule has 2 aromatic heterocycles. The second-order valence-corrected chi connectivity index (χ2v) is 7.83. The van der Waals surface area contributed by atoms with E-state index in [9.17, 15) is 9.59 Å². The van der Waals surface area contributed by atoms with E-state index in [1.807, 2.05) is 23.6 Å². The highest BCUT2D eigenvalue weighted by Crippen LogP contribution is 2.25. The molecule has 0 aliphatic heterocycles. The first-order chi connectivity index (χ1) is 11.5. The fraction of sp³-hybridized carbons (Fsp3) is 0.250. The lowest BCUT2D eigenvalue weighted by molar-refractivity contribution is -0.131. The molecule has 0 radical (unpaired) electrons. The van der Waals surface area contributed by atoms with E-state index in [-0.39, 0.29) is 12.3 Å². The van der Waals surface area contributed by atoms with Crippen molar-refractivity contribution < 1.29 is 9.59 Å². The minimum absolute atomic E-state index is 0.0911. The zero-order valence-corrected chi connectivity index (χ0v) is 15.3. The zero-order chi connectivity index (χ0) is 17.5. The standard InChI is InChI=1S/C16H18ClN3O2S2/c1-2-7-20(10-11-5-6-14(17)24-11)15(21)9-12(19-16(18)22)13-4-3-8-23-13/h2-6,8,12H,1,7,9-10H2,(H3,18,19,22). The Hall–Kier alpha value is -1.83. The SMILES string of the molecule is C=CCN(Cc1ccc(Cl)s1)C(=O)CC(NC(N)=O)c1cccs1. The summed E-state index contributed by atoms with van der Waals surface area (Å²) in [6.45, 7) is 4.58. The predicted octanol–water partition coefficient (Wildman–Crippen LogP) is 3.78. The molecule has 0 aliphatic rings. The first kappa shape index (κ1) is 18.5. The summed E-state index contributed by atoms with van der Waals surface area (Å²) in [7, 11) is 0. The van der Waals surface area contributed by atoms with Gasteiger partial charge in [0.2, 0.25) is 5.91 Å². The van der Waals surface area contributed by atoms with Crippen LogP contribution < -0.4 is 11.1 Å². The van der Waals surface area contributed by atoms with Gasteiger partial charge in [-0.05, 0) is 23.6 Å². The Bertz CT molecular complexity index is 700. The van der Waals surface area contributed by atoms with Crippen molar-refractivity contribution in [1.82, 2.24) is 10.2 Å². The van der Waals surface area contributed by atoms with E-state index >= 15 is 0 Å². The number of thiophene rings is 2. The molecular weight excluding hydrogens is 366 g/mol. The fourth-order valence-corrected chi connectivity index (χ4v) is 4.10. The van der Waals surface area contributed by atoms with Crippen molar-refractivity contribution in [2.24, 2.45) is 5.73 Å². The Morgan fingerprint density at radius 1 is 1.42 bits per heavy atom. The third-order valence-corrected chi connectivity index (χ3v) is 5.46. The van der Waals surface area contributed by atoms with Gasteiger partial charge >= 0.3 is 6.03 Å². The number of carbonyl (C=O) groups excluding carboxylic acids is 2. The third kappa shape index (κ3) is 5.36. The van der Waals surface area contributed by atoms with Crippen LogP contribution in [0, 0.1) is 0 Å². The molecule has 2 aromatic rings. The van der Waals surface area contributed by atoms with Crippen molar-refractivity contribution in [3.05, 3.63) is 56.4 Å². The number of primary amides is 1. The summed E-state index contributed by atoms with van der Waals surface area (Å²) < 4.78 is 0.683. The van der Waals surface area contributed by atoms with E-state index in [1.54, 1.807) is 17.0 Å². The van der Waals surface area contributed by atoms with Crippen LogP contribution in [0.1, 0.15) is 22.2 Å². The quantitative estimate of drug-likeness (QED) is 0.680. The van der Waals surface area contributed by atoms with Gasteiger partial charge in [-0.1, -0.05) is 23.7 Å². The summed E-state index contributed by atoms with van der Waals surface area (Å²) in [6.07, 6.45) is 1.81. The van der Waals surface area contributed by atoms with E-state index in [1.165, 1.54) is 22.7 Å². The number of rotatable bonds is 8. The van der Waals surface area contributed by atoms with Crippen molar-refractivity contribution >= 4 is 46.2 Å². The van der Waals surface area contributed by atoms with Gasteiger partial charge < -0.3 is 16.0 Å². The van der Waals surface area contributed by atoms with Gasteiger partial charge in [0.25, 0.3) is 0 Å². The summed E-state index contributed by atoms with van der Waals surface area (Å²) in [5.74, 6) is -0.0911. The van der Waals surface area contributed by atoms with Crippen LogP contribution in [0.4, 0.5) is 4.79 Å². The number of urea groups is 1. The molecule has 1 atom stereocenters. The molecule has 8 heteroatoms. The number of amides is 3. The topological polar surface area (TPSA) is 75.4 Å². The third-order valence-electron chi connectivity index (χ3n) is 3.26. The average Bonchev–Trinajstić information content (AvgIpc) is 3.17. The number of hydrogen-bond donors (Lipinski definition) is 2. The molecular formula is C16H18ClN3O2S2. The minimum atomic E-state index is -0.651. The summed E-state index contributed by atoms with van der Waals surface area (Å²) in [6, 6.07) is 6.36. The summed E-state index contributed by atoms with van der Waals surface area (Å²) >= 11 is 8.85. The predicted molar refractivity (Wildman–Crippen MR) is 99.3 cm³/mol. The molecule has 0 aromatic carbocycles. The van der Waals surface area contributed by atoms with Crippen LogP contribution in [0.15, 0.2) is 42.3 Å². The van der Waals surface area contributed by atoms with Gasteiger partial charge in [0.15, 0.2) is 0 Å². The highest BCUT2D eigenvalue weighted by Gasteiger charge is 2.22. The Morgan fingerprint density at radius 2 is 2.21 bits per heavy atom. The molecule has 24 heavy (non-hydrogen) atoms. The second kappa shape index (κ2) is 8.86. The van der Waals surface area contributed by atoms with Crippen LogP contribution in [0.5, 0.6) is 0 Å². The summed E-state index contributed by atoms with van der Waals surface area (Å²) in [4.78, 5) is 27.5. The minimum Gasteiger partial charge on any atom is -0.352 e. The van der Waals surface area contributed by atoms with Crippen LogP contribution >= 0.6 is 34.3 Å². The van der Waals surface area contributed by atoms with Crippen molar-refractivity contribution in [1.29, 1.82) is 0 Å². The van der Waals surface area contributed by atoms with E-state index in [2.05, 4.69) is 11.9 Å². The number of hydrogen-bond acceptors (Lipinski definition) is 4. The number of nitrogens with zero attached hydrogens (tertiary/aromatic N) is 1. The molecule has 128 valence electrons. The molecule has 0 aliphatic carbocycles. The molecule has 0 fully saturated rings. The zero-order valence-electron chi connectivity index (χ0n) is 12.9. The van der Waals surface area contributed by atoms with Gasteiger partial charge in [-0.2, -0.15) is 0 Å². The molecule has 0 spiro atoms. The van der Waals surface area contributed by atoms with Gasteiger partial charge in [-0.3, -0.25) is 4.79 Å². The normalized spacial score (nSPS) is 11.7. The number of carbonyl (C=O) groups is 2. The van der Waals surface area contributed by atoms with Gasteiger partial charge in [-0.25, -0.2) is 4.79 Å². The van der Waals surface area contributed by atoms with Gasteiger partial charge in [0.1, 0.15) is 0 Å². The number of nitrogens with two attached hydrogens (primary N) is 1. The first-order valence-corrected chi connectivity index (χ1v) is 9.29. The molecule has 0 bridgehead atoms. The van der Waals surface area contributed by atoms with Crippen molar-refractivity contribution in [2.75, 3.05) is 6.54 Å². The Kier molecular flexibility index (Phi) is 6.84. The first-order valence-electron chi connectivity index (χ1n) is 7.22. The molecule has 0 saturated heterocycles. The van der Waals surface area contributed by atoms with Crippen molar-refractivity contribution in [2.45, 2.75) is 19.0 Å². The monoisotopic (exact) mass is 383 g/mol. The van der Waals surface area contributed by atoms with E-state index < -0.39 is 12.1 Å². The Morgan fingerprint density at radius 3 is 2.75 bits per heavy atom. The van der Waals surface area contributed by atoms with Crippen LogP contribution in [0.3, 0.4) is 0 Å². The van der Waals surface area contributed by atoms with Crippen LogP contribution in [-0.2, 0) is 11.3 Å². The smallest absolute Gasteiger partial charge is 0.312 e. The van der Waals surface area contributed by atoms with E-state index in [0.29, 0.717) is 17.4 Å². The second-order valence-electron chi connectivity index (χ2n) is 5.05. The van der Waals surface area contributed by atoms with Gasteiger partial charge in [0.05, 0.1) is 23.3 Å². The van der Waals surface area contributed by atoms with Crippen LogP contribution in [-0.4, -0.2) is 23.4 Å². The van der Waals surface area contributed by atoms with Crippen molar-refractivity contribution in [3.8, 4) is 0 Å². The average molecular weight is 384 g/mol. The van der Waals surface area contributed by atoms with E-state index in [4.69, 9.17) is 17.3 Å². The molecule has 0 saturated carbocycles. The largest absolute Gasteiger partial charge is 0.352 e. The Balaban J connectivity index is 2.09. The lowest BCUT2D eigenvalue weighted by Crippen LogP contribution is -2.38. The van der Waals surface area contributed by atoms with Crippen LogP contribution in [0.25, 0.3) is 0 Å². The van der Waals surface area contributed by atoms with Gasteiger partial charge in [-0.15, -0.1) is 29.3 Å². The molecule has 5 nitrogen and oxygen atoms in total. The number of halogens is 1. The molecule has 2 heterocycles. The molecule has 1 unspecified atom stereocenters. The highest BCUT2D eigenvalue weighted by atomic mass is 35.5. The lowest BCUT2D eigenvalue weighted by Gasteiger charge is -2.23. The maximum atomic E-state index is 12.7. The molecule has 3 N–H and O–H groups in total. The maximum absolute atomic E-state index is 12.7. The summed E-state index contributed by atoms with van der Waals surface area (Å²) in [5.41, 5.74) is 5.24. The van der Waals surface area contributed by atoms with Crippen molar-refractivity contribution in [3.63, 3.8) is 0 Å². The molecule has 2 rings (SSSR count). The highest BCUT2D eigenvalue weighted by molar-refractivity contribution is 7.16. The van der Waals surface area contributed by atoms with Gasteiger partial charge in [0, 0.05) is 16.3 Å². The molecule has 3 amide bonds. The Labute approximate surface area is 153 Å². The number of nitrogens with one attached hydrogen (secondary N) is 1. The summed E-state index contributed by atoms with van der Waals surface area (Å²) in [5, 5.41) is 4.53.